The van der Waals surface area contributed by atoms with Gasteiger partial charge >= 0.3 is 0 Å². The Kier molecular flexibility index (Phi) is 2.61. The van der Waals surface area contributed by atoms with Gasteiger partial charge in [-0.3, -0.25) is 4.98 Å². The largest absolute Gasteiger partial charge is 0.338 e. The highest BCUT2D eigenvalue weighted by Gasteiger charge is 2.05. The van der Waals surface area contributed by atoms with E-state index in [0.717, 1.165) is 22.6 Å². The molecule has 4 heteroatoms. The van der Waals surface area contributed by atoms with Gasteiger partial charge in [0, 0.05) is 18.0 Å². The van der Waals surface area contributed by atoms with Crippen molar-refractivity contribution in [2.45, 2.75) is 0 Å². The van der Waals surface area contributed by atoms with Gasteiger partial charge in [0.05, 0.1) is 11.9 Å². The smallest absolute Gasteiger partial charge is 0.137 e. The van der Waals surface area contributed by atoms with Gasteiger partial charge < -0.3 is 4.98 Å². The number of aromatic nitrogens is 3. The van der Waals surface area contributed by atoms with E-state index in [1.165, 1.54) is 12.1 Å². The Morgan fingerprint density at radius 1 is 0.889 bits per heavy atom. The third kappa shape index (κ3) is 2.00. The van der Waals surface area contributed by atoms with Crippen LogP contribution in [0.15, 0.2) is 55.0 Å². The van der Waals surface area contributed by atoms with E-state index in [1.807, 2.05) is 12.1 Å². The molecular weight excluding hydrogens is 229 g/mol. The number of benzene rings is 1. The minimum atomic E-state index is -0.243. The van der Waals surface area contributed by atoms with Gasteiger partial charge in [-0.1, -0.05) is 0 Å². The lowest BCUT2D eigenvalue weighted by Gasteiger charge is -1.97. The van der Waals surface area contributed by atoms with E-state index in [-0.39, 0.29) is 5.82 Å². The predicted octanol–water partition coefficient (Wildman–Crippen LogP) is 3.28. The molecule has 0 atom stereocenters. The van der Waals surface area contributed by atoms with Gasteiger partial charge in [0.25, 0.3) is 0 Å². The summed E-state index contributed by atoms with van der Waals surface area (Å²) in [4.78, 5) is 11.5. The van der Waals surface area contributed by atoms with Crippen LogP contribution >= 0.6 is 0 Å². The minimum Gasteiger partial charge on any atom is -0.338 e. The number of halogens is 1. The third-order valence-corrected chi connectivity index (χ3v) is 2.68. The zero-order chi connectivity index (χ0) is 12.4. The zero-order valence-electron chi connectivity index (χ0n) is 9.47. The Hall–Kier alpha value is -2.49. The Morgan fingerprint density at radius 3 is 2.33 bits per heavy atom. The van der Waals surface area contributed by atoms with Gasteiger partial charge in [-0.2, -0.15) is 0 Å². The van der Waals surface area contributed by atoms with Crippen molar-refractivity contribution in [2.75, 3.05) is 0 Å². The number of hydrogen-bond acceptors (Lipinski definition) is 2. The number of H-pyrrole nitrogens is 1. The number of nitrogens with zero attached hydrogens (tertiary/aromatic N) is 2. The highest BCUT2D eigenvalue weighted by atomic mass is 19.1. The van der Waals surface area contributed by atoms with E-state index in [2.05, 4.69) is 15.0 Å². The molecule has 3 rings (SSSR count). The number of pyridine rings is 1. The molecule has 0 amide bonds. The van der Waals surface area contributed by atoms with E-state index in [0.29, 0.717) is 0 Å². The van der Waals surface area contributed by atoms with Crippen molar-refractivity contribution in [1.29, 1.82) is 0 Å². The molecule has 0 unspecified atom stereocenters. The second-order valence-corrected chi connectivity index (χ2v) is 3.89. The molecule has 2 aromatic heterocycles. The first kappa shape index (κ1) is 10.7. The molecular formula is C14H10FN3. The van der Waals surface area contributed by atoms with E-state index < -0.39 is 0 Å². The highest BCUT2D eigenvalue weighted by Crippen LogP contribution is 2.21. The molecule has 0 radical (unpaired) electrons. The van der Waals surface area contributed by atoms with Gasteiger partial charge in [-0.15, -0.1) is 0 Å². The van der Waals surface area contributed by atoms with Crippen molar-refractivity contribution in [3.63, 3.8) is 0 Å². The zero-order valence-corrected chi connectivity index (χ0v) is 9.47. The van der Waals surface area contributed by atoms with Gasteiger partial charge in [-0.05, 0) is 42.0 Å². The lowest BCUT2D eigenvalue weighted by molar-refractivity contribution is 0.628. The number of nitrogens with one attached hydrogen (secondary N) is 1. The maximum Gasteiger partial charge on any atom is 0.137 e. The van der Waals surface area contributed by atoms with Crippen molar-refractivity contribution in [2.24, 2.45) is 0 Å². The van der Waals surface area contributed by atoms with Gasteiger partial charge in [0.2, 0.25) is 0 Å². The molecule has 18 heavy (non-hydrogen) atoms. The number of hydrogen-bond donors (Lipinski definition) is 1. The van der Waals surface area contributed by atoms with E-state index in [4.69, 9.17) is 0 Å². The Morgan fingerprint density at radius 2 is 1.61 bits per heavy atom. The van der Waals surface area contributed by atoms with Crippen LogP contribution < -0.4 is 0 Å². The predicted molar refractivity (Wildman–Crippen MR) is 67.2 cm³/mol. The first-order valence-electron chi connectivity index (χ1n) is 5.54. The second kappa shape index (κ2) is 4.41. The molecule has 0 bridgehead atoms. The fraction of sp³-hybridized carbons (Fsp3) is 0. The summed E-state index contributed by atoms with van der Waals surface area (Å²) in [5, 5.41) is 0. The summed E-state index contributed by atoms with van der Waals surface area (Å²) in [6.07, 6.45) is 5.17. The van der Waals surface area contributed by atoms with Crippen LogP contribution in [0.3, 0.4) is 0 Å². The average Bonchev–Trinajstić information content (AvgIpc) is 2.90. The molecule has 88 valence electrons. The molecule has 1 aromatic carbocycles. The lowest BCUT2D eigenvalue weighted by Crippen LogP contribution is -1.82. The SMILES string of the molecule is Fc1ccc(-c2cnc(-c3ccncc3)[nH]2)cc1. The third-order valence-electron chi connectivity index (χ3n) is 2.68. The van der Waals surface area contributed by atoms with Crippen LogP contribution in [0.4, 0.5) is 4.39 Å². The molecule has 0 aliphatic carbocycles. The molecule has 0 aliphatic rings. The fourth-order valence-corrected chi connectivity index (χ4v) is 1.75. The van der Waals surface area contributed by atoms with Crippen LogP contribution in [0.2, 0.25) is 0 Å². The summed E-state index contributed by atoms with van der Waals surface area (Å²) in [7, 11) is 0. The fourth-order valence-electron chi connectivity index (χ4n) is 1.75. The van der Waals surface area contributed by atoms with Crippen LogP contribution in [0.1, 0.15) is 0 Å². The molecule has 3 aromatic rings. The summed E-state index contributed by atoms with van der Waals surface area (Å²) in [6.45, 7) is 0. The maximum atomic E-state index is 12.8. The van der Waals surface area contributed by atoms with Crippen molar-refractivity contribution < 1.29 is 4.39 Å². The molecule has 0 saturated heterocycles. The van der Waals surface area contributed by atoms with Crippen molar-refractivity contribution >= 4 is 0 Å². The summed E-state index contributed by atoms with van der Waals surface area (Å²) >= 11 is 0. The topological polar surface area (TPSA) is 41.6 Å². The van der Waals surface area contributed by atoms with Gasteiger partial charge in [0.1, 0.15) is 11.6 Å². The second-order valence-electron chi connectivity index (χ2n) is 3.89. The normalized spacial score (nSPS) is 10.5. The Balaban J connectivity index is 1.97. The summed E-state index contributed by atoms with van der Waals surface area (Å²) < 4.78 is 12.8. The monoisotopic (exact) mass is 239 g/mol. The minimum absolute atomic E-state index is 0.243. The van der Waals surface area contributed by atoms with Crippen LogP contribution in [-0.4, -0.2) is 15.0 Å². The summed E-state index contributed by atoms with van der Waals surface area (Å²) in [5.74, 6) is 0.532. The molecule has 0 saturated carbocycles. The van der Waals surface area contributed by atoms with Gasteiger partial charge in [-0.25, -0.2) is 9.37 Å². The van der Waals surface area contributed by atoms with Gasteiger partial charge in [0.15, 0.2) is 0 Å². The molecule has 3 nitrogen and oxygen atoms in total. The Bertz CT molecular complexity index is 644. The van der Waals surface area contributed by atoms with Crippen LogP contribution in [0, 0.1) is 5.82 Å². The summed E-state index contributed by atoms with van der Waals surface area (Å²) in [6, 6.07) is 10.1. The first-order chi connectivity index (χ1) is 8.83. The van der Waals surface area contributed by atoms with Crippen LogP contribution in [0.25, 0.3) is 22.6 Å². The number of rotatable bonds is 2. The van der Waals surface area contributed by atoms with E-state index in [9.17, 15) is 4.39 Å². The quantitative estimate of drug-likeness (QED) is 0.745. The van der Waals surface area contributed by atoms with Crippen LogP contribution in [-0.2, 0) is 0 Å². The average molecular weight is 239 g/mol. The standard InChI is InChI=1S/C14H10FN3/c15-12-3-1-10(2-4-12)13-9-17-14(18-13)11-5-7-16-8-6-11/h1-9H,(H,17,18). The highest BCUT2D eigenvalue weighted by molar-refractivity contribution is 5.63. The van der Waals surface area contributed by atoms with Crippen molar-refractivity contribution in [3.05, 3.63) is 60.8 Å². The molecule has 0 fully saturated rings. The molecule has 1 N–H and O–H groups in total. The number of aromatic amines is 1. The van der Waals surface area contributed by atoms with Crippen LogP contribution in [0.5, 0.6) is 0 Å². The van der Waals surface area contributed by atoms with E-state index >= 15 is 0 Å². The number of imidazole rings is 1. The molecule has 0 spiro atoms. The van der Waals surface area contributed by atoms with Crippen molar-refractivity contribution in [1.82, 2.24) is 15.0 Å². The molecule has 0 aliphatic heterocycles. The molecule has 2 heterocycles. The maximum absolute atomic E-state index is 12.8. The summed E-state index contributed by atoms with van der Waals surface area (Å²) in [5.41, 5.74) is 2.74. The first-order valence-corrected chi connectivity index (χ1v) is 5.54. The Labute approximate surface area is 103 Å². The lowest BCUT2D eigenvalue weighted by atomic mass is 10.2. The van der Waals surface area contributed by atoms with E-state index in [1.54, 1.807) is 30.7 Å². The van der Waals surface area contributed by atoms with Crippen molar-refractivity contribution in [3.8, 4) is 22.6 Å².